The van der Waals surface area contributed by atoms with E-state index in [0.717, 1.165) is 31.2 Å². The molecule has 0 spiro atoms. The second kappa shape index (κ2) is 5.51. The van der Waals surface area contributed by atoms with Gasteiger partial charge in [0, 0.05) is 18.2 Å². The molecule has 112 valence electrons. The highest BCUT2D eigenvalue weighted by Crippen LogP contribution is 2.29. The Kier molecular flexibility index (Phi) is 3.70. The summed E-state index contributed by atoms with van der Waals surface area (Å²) in [5.74, 6) is -1.22. The molecule has 2 aliphatic rings. The average Bonchev–Trinajstić information content (AvgIpc) is 2.95. The van der Waals surface area contributed by atoms with Gasteiger partial charge in [-0.05, 0) is 56.2 Å². The number of carboxylic acids is 1. The fourth-order valence-electron chi connectivity index (χ4n) is 3.57. The van der Waals surface area contributed by atoms with Gasteiger partial charge in [0.15, 0.2) is 0 Å². The lowest BCUT2D eigenvalue weighted by Gasteiger charge is -2.37. The molecule has 3 rings (SSSR count). The van der Waals surface area contributed by atoms with Gasteiger partial charge in [0.05, 0.1) is 5.92 Å². The number of fused-ring (bicyclic) bond motifs is 1. The number of aryl methyl sites for hydroxylation is 1. The first-order valence-electron chi connectivity index (χ1n) is 7.72. The zero-order valence-electron chi connectivity index (χ0n) is 12.3. The highest BCUT2D eigenvalue weighted by molar-refractivity contribution is 5.96. The van der Waals surface area contributed by atoms with E-state index in [-0.39, 0.29) is 11.9 Å². The van der Waals surface area contributed by atoms with Crippen LogP contribution in [0.3, 0.4) is 0 Å². The summed E-state index contributed by atoms with van der Waals surface area (Å²) < 4.78 is 0. The Labute approximate surface area is 124 Å². The fraction of sp³-hybridized carbons (Fsp3) is 0.529. The molecule has 1 aliphatic carbocycles. The van der Waals surface area contributed by atoms with E-state index in [9.17, 15) is 14.7 Å². The summed E-state index contributed by atoms with van der Waals surface area (Å²) in [6.07, 6.45) is 4.53. The predicted octanol–water partition coefficient (Wildman–Crippen LogP) is 2.50. The molecule has 0 bridgehead atoms. The van der Waals surface area contributed by atoms with Crippen molar-refractivity contribution >= 4 is 11.9 Å². The molecule has 1 heterocycles. The number of amides is 1. The normalized spacial score (nSPS) is 24.7. The zero-order chi connectivity index (χ0) is 15.0. The number of likely N-dealkylation sites (tertiary alicyclic amines) is 1. The summed E-state index contributed by atoms with van der Waals surface area (Å²) in [6.45, 7) is 2.35. The van der Waals surface area contributed by atoms with Gasteiger partial charge in [-0.25, -0.2) is 0 Å². The maximum absolute atomic E-state index is 12.9. The van der Waals surface area contributed by atoms with E-state index >= 15 is 0 Å². The minimum atomic E-state index is -0.794. The van der Waals surface area contributed by atoms with Crippen LogP contribution in [0.4, 0.5) is 0 Å². The van der Waals surface area contributed by atoms with Crippen LogP contribution in [-0.4, -0.2) is 34.5 Å². The number of nitrogens with zero attached hydrogens (tertiary/aromatic N) is 1. The Balaban J connectivity index is 1.87. The Morgan fingerprint density at radius 3 is 2.81 bits per heavy atom. The second-order valence-electron chi connectivity index (χ2n) is 6.22. The summed E-state index contributed by atoms with van der Waals surface area (Å²) in [7, 11) is 0. The summed E-state index contributed by atoms with van der Waals surface area (Å²) in [6, 6.07) is 6.05. The molecule has 0 aromatic heterocycles. The zero-order valence-corrected chi connectivity index (χ0v) is 12.3. The monoisotopic (exact) mass is 287 g/mol. The van der Waals surface area contributed by atoms with Crippen molar-refractivity contribution in [2.24, 2.45) is 5.92 Å². The molecule has 0 radical (unpaired) electrons. The third-order valence-electron chi connectivity index (χ3n) is 4.87. The maximum Gasteiger partial charge on any atom is 0.308 e. The second-order valence-corrected chi connectivity index (χ2v) is 6.22. The van der Waals surface area contributed by atoms with Gasteiger partial charge >= 0.3 is 5.97 Å². The molecule has 1 aromatic carbocycles. The first-order valence-corrected chi connectivity index (χ1v) is 7.72. The first kappa shape index (κ1) is 14.1. The van der Waals surface area contributed by atoms with E-state index in [1.54, 1.807) is 4.90 Å². The van der Waals surface area contributed by atoms with Crippen molar-refractivity contribution in [3.05, 3.63) is 34.9 Å². The minimum absolute atomic E-state index is 0.00667. The number of hydrogen-bond donors (Lipinski definition) is 1. The van der Waals surface area contributed by atoms with E-state index in [2.05, 4.69) is 6.07 Å². The van der Waals surface area contributed by atoms with E-state index in [1.807, 2.05) is 19.1 Å². The minimum Gasteiger partial charge on any atom is -0.481 e. The van der Waals surface area contributed by atoms with Gasteiger partial charge in [0.2, 0.25) is 0 Å². The van der Waals surface area contributed by atoms with Crippen LogP contribution in [0.2, 0.25) is 0 Å². The number of carbonyl (C=O) groups is 2. The lowest BCUT2D eigenvalue weighted by Crippen LogP contribution is -2.47. The third-order valence-corrected chi connectivity index (χ3v) is 4.87. The summed E-state index contributed by atoms with van der Waals surface area (Å²) in [5, 5.41) is 9.21. The third kappa shape index (κ3) is 2.55. The van der Waals surface area contributed by atoms with Crippen LogP contribution in [0.15, 0.2) is 18.2 Å². The molecule has 4 nitrogen and oxygen atoms in total. The Hall–Kier alpha value is -1.84. The molecule has 1 aromatic rings. The van der Waals surface area contributed by atoms with Gasteiger partial charge in [0.1, 0.15) is 0 Å². The van der Waals surface area contributed by atoms with Gasteiger partial charge in [-0.15, -0.1) is 0 Å². The van der Waals surface area contributed by atoms with Crippen LogP contribution >= 0.6 is 0 Å². The SMILES string of the molecule is CC1CCC(C(=O)O)CN1C(=O)c1cccc2c1CCC2. The lowest BCUT2D eigenvalue weighted by molar-refractivity contribution is -0.143. The van der Waals surface area contributed by atoms with Crippen LogP contribution < -0.4 is 0 Å². The Bertz CT molecular complexity index is 581. The predicted molar refractivity (Wildman–Crippen MR) is 79.3 cm³/mol. The van der Waals surface area contributed by atoms with Crippen LogP contribution in [0.5, 0.6) is 0 Å². The Morgan fingerprint density at radius 1 is 1.24 bits per heavy atom. The number of hydrogen-bond acceptors (Lipinski definition) is 2. The van der Waals surface area contributed by atoms with E-state index in [4.69, 9.17) is 0 Å². The molecule has 1 fully saturated rings. The standard InChI is InChI=1S/C17H21NO3/c1-11-8-9-13(17(20)21)10-18(11)16(19)15-7-3-5-12-4-2-6-14(12)15/h3,5,7,11,13H,2,4,6,8-10H2,1H3,(H,20,21). The number of carbonyl (C=O) groups excluding carboxylic acids is 1. The van der Waals surface area contributed by atoms with Gasteiger partial charge in [-0.2, -0.15) is 0 Å². The maximum atomic E-state index is 12.9. The molecule has 21 heavy (non-hydrogen) atoms. The average molecular weight is 287 g/mol. The van der Waals surface area contributed by atoms with Gasteiger partial charge in [0.25, 0.3) is 5.91 Å². The first-order chi connectivity index (χ1) is 10.1. The molecule has 1 N–H and O–H groups in total. The van der Waals surface area contributed by atoms with Crippen molar-refractivity contribution in [1.29, 1.82) is 0 Å². The van der Waals surface area contributed by atoms with Crippen molar-refractivity contribution in [2.75, 3.05) is 6.54 Å². The molecular weight excluding hydrogens is 266 g/mol. The van der Waals surface area contributed by atoms with Crippen LogP contribution in [0.1, 0.15) is 47.7 Å². The molecule has 1 amide bonds. The fourth-order valence-corrected chi connectivity index (χ4v) is 3.57. The Morgan fingerprint density at radius 2 is 2.05 bits per heavy atom. The van der Waals surface area contributed by atoms with E-state index < -0.39 is 11.9 Å². The molecule has 2 atom stereocenters. The summed E-state index contributed by atoms with van der Waals surface area (Å²) in [5.41, 5.74) is 3.23. The summed E-state index contributed by atoms with van der Waals surface area (Å²) >= 11 is 0. The highest BCUT2D eigenvalue weighted by Gasteiger charge is 2.34. The molecule has 2 unspecified atom stereocenters. The summed E-state index contributed by atoms with van der Waals surface area (Å²) in [4.78, 5) is 25.8. The molecular formula is C17H21NO3. The quantitative estimate of drug-likeness (QED) is 0.909. The number of piperidine rings is 1. The van der Waals surface area contributed by atoms with E-state index in [0.29, 0.717) is 13.0 Å². The van der Waals surface area contributed by atoms with Crippen molar-refractivity contribution in [1.82, 2.24) is 4.90 Å². The van der Waals surface area contributed by atoms with Crippen molar-refractivity contribution in [3.63, 3.8) is 0 Å². The van der Waals surface area contributed by atoms with Gasteiger partial charge in [-0.3, -0.25) is 9.59 Å². The van der Waals surface area contributed by atoms with Gasteiger partial charge < -0.3 is 10.0 Å². The molecule has 4 heteroatoms. The lowest BCUT2D eigenvalue weighted by atomic mass is 9.92. The molecule has 1 saturated heterocycles. The van der Waals surface area contributed by atoms with Gasteiger partial charge in [-0.1, -0.05) is 12.1 Å². The number of rotatable bonds is 2. The largest absolute Gasteiger partial charge is 0.481 e. The topological polar surface area (TPSA) is 57.6 Å². The molecule has 0 saturated carbocycles. The number of carboxylic acid groups (broad SMARTS) is 1. The van der Waals surface area contributed by atoms with Crippen molar-refractivity contribution < 1.29 is 14.7 Å². The van der Waals surface area contributed by atoms with E-state index in [1.165, 1.54) is 11.1 Å². The number of aliphatic carboxylic acids is 1. The van der Waals surface area contributed by atoms with Crippen molar-refractivity contribution in [2.45, 2.75) is 45.1 Å². The highest BCUT2D eigenvalue weighted by atomic mass is 16.4. The van der Waals surface area contributed by atoms with Crippen LogP contribution in [0, 0.1) is 5.92 Å². The molecule has 1 aliphatic heterocycles. The van der Waals surface area contributed by atoms with Crippen LogP contribution in [0.25, 0.3) is 0 Å². The van der Waals surface area contributed by atoms with Crippen LogP contribution in [-0.2, 0) is 17.6 Å². The van der Waals surface area contributed by atoms with Crippen molar-refractivity contribution in [3.8, 4) is 0 Å². The smallest absolute Gasteiger partial charge is 0.308 e. The number of benzene rings is 1.